The van der Waals surface area contributed by atoms with E-state index in [1.165, 1.54) is 25.3 Å². The van der Waals surface area contributed by atoms with Crippen molar-refractivity contribution < 1.29 is 24.5 Å². The minimum absolute atomic E-state index is 0.148. The van der Waals surface area contributed by atoms with Gasteiger partial charge >= 0.3 is 5.97 Å². The first-order valence-electron chi connectivity index (χ1n) is 5.07. The Hall–Kier alpha value is -2.10. The Morgan fingerprint density at radius 2 is 2.06 bits per heavy atom. The van der Waals surface area contributed by atoms with Crippen molar-refractivity contribution in [2.24, 2.45) is 0 Å². The SMILES string of the molecule is COC(=O)C(O)C(O)c1cc(C#N)ccc1OC. The average molecular weight is 251 g/mol. The highest BCUT2D eigenvalue weighted by atomic mass is 16.5. The number of nitriles is 1. The second kappa shape index (κ2) is 6.00. The zero-order valence-corrected chi connectivity index (χ0v) is 9.95. The van der Waals surface area contributed by atoms with E-state index in [1.807, 2.05) is 6.07 Å². The molecule has 0 amide bonds. The molecule has 2 unspecified atom stereocenters. The third-order valence-electron chi connectivity index (χ3n) is 2.42. The Morgan fingerprint density at radius 1 is 1.39 bits per heavy atom. The van der Waals surface area contributed by atoms with Crippen LogP contribution < -0.4 is 4.74 Å². The molecule has 1 aromatic carbocycles. The number of nitrogens with zero attached hydrogens (tertiary/aromatic N) is 1. The van der Waals surface area contributed by atoms with E-state index in [2.05, 4.69) is 4.74 Å². The second-order valence-corrected chi connectivity index (χ2v) is 3.48. The van der Waals surface area contributed by atoms with Crippen LogP contribution in [0.2, 0.25) is 0 Å². The molecule has 0 saturated carbocycles. The summed E-state index contributed by atoms with van der Waals surface area (Å²) in [5, 5.41) is 28.2. The number of ether oxygens (including phenoxy) is 2. The van der Waals surface area contributed by atoms with Gasteiger partial charge in [-0.15, -0.1) is 0 Å². The molecule has 6 heteroatoms. The first kappa shape index (κ1) is 14.0. The highest BCUT2D eigenvalue weighted by molar-refractivity contribution is 5.75. The minimum Gasteiger partial charge on any atom is -0.496 e. The highest BCUT2D eigenvalue weighted by Crippen LogP contribution is 2.28. The molecule has 0 aliphatic rings. The van der Waals surface area contributed by atoms with E-state index in [9.17, 15) is 15.0 Å². The van der Waals surface area contributed by atoms with Crippen LogP contribution in [0.3, 0.4) is 0 Å². The van der Waals surface area contributed by atoms with E-state index in [0.717, 1.165) is 7.11 Å². The Kier molecular flexibility index (Phi) is 4.66. The fourth-order valence-corrected chi connectivity index (χ4v) is 1.45. The van der Waals surface area contributed by atoms with Crippen molar-refractivity contribution in [3.8, 4) is 11.8 Å². The predicted molar refractivity (Wildman–Crippen MR) is 60.7 cm³/mol. The quantitative estimate of drug-likeness (QED) is 0.738. The monoisotopic (exact) mass is 251 g/mol. The number of hydrogen-bond donors (Lipinski definition) is 2. The van der Waals surface area contributed by atoms with Crippen LogP contribution in [-0.4, -0.2) is 36.5 Å². The summed E-state index contributed by atoms with van der Waals surface area (Å²) >= 11 is 0. The fraction of sp³-hybridized carbons (Fsp3) is 0.333. The Morgan fingerprint density at radius 3 is 2.56 bits per heavy atom. The van der Waals surface area contributed by atoms with Gasteiger partial charge in [0.05, 0.1) is 25.9 Å². The zero-order valence-electron chi connectivity index (χ0n) is 9.95. The molecule has 0 bridgehead atoms. The number of rotatable bonds is 4. The van der Waals surface area contributed by atoms with Gasteiger partial charge in [-0.2, -0.15) is 5.26 Å². The number of aliphatic hydroxyl groups excluding tert-OH is 2. The predicted octanol–water partition coefficient (Wildman–Crippen LogP) is 0.134. The van der Waals surface area contributed by atoms with E-state index >= 15 is 0 Å². The number of methoxy groups -OCH3 is 2. The van der Waals surface area contributed by atoms with Crippen LogP contribution in [0.1, 0.15) is 17.2 Å². The third kappa shape index (κ3) is 2.77. The number of hydrogen-bond acceptors (Lipinski definition) is 6. The van der Waals surface area contributed by atoms with E-state index in [0.29, 0.717) is 0 Å². The Balaban J connectivity index is 3.14. The van der Waals surface area contributed by atoms with Crippen molar-refractivity contribution in [2.75, 3.05) is 14.2 Å². The van der Waals surface area contributed by atoms with E-state index in [1.54, 1.807) is 0 Å². The maximum Gasteiger partial charge on any atom is 0.337 e. The molecule has 1 rings (SSSR count). The van der Waals surface area contributed by atoms with Crippen molar-refractivity contribution in [1.29, 1.82) is 5.26 Å². The Labute approximate surface area is 104 Å². The Bertz CT molecular complexity index is 480. The summed E-state index contributed by atoms with van der Waals surface area (Å²) in [6, 6.07) is 6.21. The fourth-order valence-electron chi connectivity index (χ4n) is 1.45. The van der Waals surface area contributed by atoms with Crippen LogP contribution in [0.25, 0.3) is 0 Å². The van der Waals surface area contributed by atoms with Crippen LogP contribution in [-0.2, 0) is 9.53 Å². The number of benzene rings is 1. The van der Waals surface area contributed by atoms with Gasteiger partial charge in [0.1, 0.15) is 11.9 Å². The molecule has 2 N–H and O–H groups in total. The summed E-state index contributed by atoms with van der Waals surface area (Å²) in [4.78, 5) is 11.1. The number of carbonyl (C=O) groups is 1. The van der Waals surface area contributed by atoms with E-state index in [-0.39, 0.29) is 16.9 Å². The maximum absolute atomic E-state index is 11.1. The molecular weight excluding hydrogens is 238 g/mol. The van der Waals surface area contributed by atoms with Gasteiger partial charge in [-0.3, -0.25) is 0 Å². The molecule has 96 valence electrons. The molecule has 0 saturated heterocycles. The van der Waals surface area contributed by atoms with Crippen LogP contribution in [0.4, 0.5) is 0 Å². The van der Waals surface area contributed by atoms with Crippen molar-refractivity contribution in [3.05, 3.63) is 29.3 Å². The molecule has 0 radical (unpaired) electrons. The van der Waals surface area contributed by atoms with Crippen LogP contribution in [0, 0.1) is 11.3 Å². The summed E-state index contributed by atoms with van der Waals surface area (Å²) in [7, 11) is 2.48. The van der Waals surface area contributed by atoms with Gasteiger partial charge in [0.15, 0.2) is 6.10 Å². The van der Waals surface area contributed by atoms with Crippen LogP contribution in [0.15, 0.2) is 18.2 Å². The van der Waals surface area contributed by atoms with Gasteiger partial charge in [-0.25, -0.2) is 4.79 Å². The lowest BCUT2D eigenvalue weighted by Gasteiger charge is -2.18. The normalized spacial score (nSPS) is 13.3. The van der Waals surface area contributed by atoms with Gasteiger partial charge in [0.2, 0.25) is 0 Å². The molecule has 0 heterocycles. The molecule has 0 aromatic heterocycles. The highest BCUT2D eigenvalue weighted by Gasteiger charge is 2.28. The molecule has 1 aromatic rings. The van der Waals surface area contributed by atoms with Gasteiger partial charge in [-0.1, -0.05) is 0 Å². The molecule has 0 spiro atoms. The topological polar surface area (TPSA) is 99.8 Å². The molecule has 2 atom stereocenters. The number of carbonyl (C=O) groups excluding carboxylic acids is 1. The standard InChI is InChI=1S/C12H13NO5/c1-17-9-4-3-7(6-13)5-8(9)10(14)11(15)12(16)18-2/h3-5,10-11,14-15H,1-2H3. The van der Waals surface area contributed by atoms with Crippen molar-refractivity contribution >= 4 is 5.97 Å². The molecule has 0 aliphatic carbocycles. The van der Waals surface area contributed by atoms with Crippen molar-refractivity contribution in [1.82, 2.24) is 0 Å². The molecule has 0 aliphatic heterocycles. The maximum atomic E-state index is 11.1. The lowest BCUT2D eigenvalue weighted by Crippen LogP contribution is -2.29. The van der Waals surface area contributed by atoms with Crippen molar-refractivity contribution in [2.45, 2.75) is 12.2 Å². The first-order chi connectivity index (χ1) is 8.54. The van der Waals surface area contributed by atoms with Gasteiger partial charge in [0.25, 0.3) is 0 Å². The number of aliphatic hydroxyl groups is 2. The lowest BCUT2D eigenvalue weighted by molar-refractivity contribution is -0.156. The van der Waals surface area contributed by atoms with E-state index in [4.69, 9.17) is 10.00 Å². The second-order valence-electron chi connectivity index (χ2n) is 3.48. The molecule has 6 nitrogen and oxygen atoms in total. The number of esters is 1. The summed E-state index contributed by atoms with van der Waals surface area (Å²) in [5.74, 6) is -0.698. The first-order valence-corrected chi connectivity index (χ1v) is 5.07. The molecular formula is C12H13NO5. The smallest absolute Gasteiger partial charge is 0.337 e. The average Bonchev–Trinajstić information content (AvgIpc) is 2.43. The van der Waals surface area contributed by atoms with Gasteiger partial charge in [0, 0.05) is 5.56 Å². The van der Waals surface area contributed by atoms with Gasteiger partial charge < -0.3 is 19.7 Å². The van der Waals surface area contributed by atoms with E-state index < -0.39 is 18.2 Å². The zero-order chi connectivity index (χ0) is 13.7. The van der Waals surface area contributed by atoms with Crippen LogP contribution >= 0.6 is 0 Å². The van der Waals surface area contributed by atoms with Crippen molar-refractivity contribution in [3.63, 3.8) is 0 Å². The summed E-state index contributed by atoms with van der Waals surface area (Å²) < 4.78 is 9.33. The minimum atomic E-state index is -1.74. The third-order valence-corrected chi connectivity index (χ3v) is 2.42. The summed E-state index contributed by atoms with van der Waals surface area (Å²) in [5.41, 5.74) is 0.427. The molecule has 18 heavy (non-hydrogen) atoms. The lowest BCUT2D eigenvalue weighted by atomic mass is 10.0. The summed E-state index contributed by atoms with van der Waals surface area (Å²) in [6.45, 7) is 0. The summed E-state index contributed by atoms with van der Waals surface area (Å²) in [6.07, 6.45) is -3.27. The van der Waals surface area contributed by atoms with Crippen LogP contribution in [0.5, 0.6) is 5.75 Å². The molecule has 0 fully saturated rings. The van der Waals surface area contributed by atoms with Gasteiger partial charge in [-0.05, 0) is 18.2 Å². The largest absolute Gasteiger partial charge is 0.496 e.